The fraction of sp³-hybridized carbons (Fsp3) is 0.545. The summed E-state index contributed by atoms with van der Waals surface area (Å²) in [6, 6.07) is -1.64. The van der Waals surface area contributed by atoms with Gasteiger partial charge in [0.1, 0.15) is 6.04 Å². The molecule has 0 aromatic rings. The Hall–Kier alpha value is -2.05. The number of carboxylic acid groups (broad SMARTS) is 1. The van der Waals surface area contributed by atoms with Gasteiger partial charge >= 0.3 is 12.0 Å². The number of urea groups is 1. The smallest absolute Gasteiger partial charge is 0.326 e. The number of nitrogens with one attached hydrogen (secondary N) is 2. The molecule has 100 valence electrons. The molecule has 1 rings (SSSR count). The first kappa shape index (κ1) is 14.0. The number of hydrogen-bond donors (Lipinski definition) is 4. The third-order valence-corrected chi connectivity index (χ3v) is 2.63. The molecule has 0 aromatic carbocycles. The summed E-state index contributed by atoms with van der Waals surface area (Å²) < 4.78 is 0. The molecule has 18 heavy (non-hydrogen) atoms. The Labute approximate surface area is 104 Å². The van der Waals surface area contributed by atoms with Gasteiger partial charge in [-0.3, -0.25) is 4.79 Å². The molecule has 0 bridgehead atoms. The van der Waals surface area contributed by atoms with Crippen LogP contribution in [0.2, 0.25) is 0 Å². The summed E-state index contributed by atoms with van der Waals surface area (Å²) in [5.41, 5.74) is 4.94. The van der Waals surface area contributed by atoms with E-state index >= 15 is 0 Å². The Morgan fingerprint density at radius 2 is 1.94 bits per heavy atom. The van der Waals surface area contributed by atoms with Crippen LogP contribution < -0.4 is 16.4 Å². The number of primary amides is 1. The first-order chi connectivity index (χ1) is 8.49. The van der Waals surface area contributed by atoms with E-state index in [2.05, 4.69) is 10.6 Å². The molecule has 0 saturated carbocycles. The van der Waals surface area contributed by atoms with E-state index in [4.69, 9.17) is 10.8 Å². The van der Waals surface area contributed by atoms with Gasteiger partial charge in [0, 0.05) is 12.5 Å². The molecule has 0 heterocycles. The van der Waals surface area contributed by atoms with Gasteiger partial charge in [0.25, 0.3) is 0 Å². The topological polar surface area (TPSA) is 122 Å². The van der Waals surface area contributed by atoms with Crippen LogP contribution >= 0.6 is 0 Å². The van der Waals surface area contributed by atoms with Crippen LogP contribution in [-0.2, 0) is 9.59 Å². The van der Waals surface area contributed by atoms with Crippen LogP contribution in [0.4, 0.5) is 4.79 Å². The quantitative estimate of drug-likeness (QED) is 0.488. The minimum Gasteiger partial charge on any atom is -0.480 e. The zero-order valence-electron chi connectivity index (χ0n) is 9.89. The van der Waals surface area contributed by atoms with Gasteiger partial charge < -0.3 is 21.5 Å². The standard InChI is InChI=1S/C11H17N3O4/c12-9(15)6-5-8(10(16)17)14-11(18)13-7-3-1-2-4-7/h1-2,7-8H,3-6H2,(H2,12,15)(H,16,17)(H2,13,14,18)/t8-/m0/s1. The van der Waals surface area contributed by atoms with E-state index in [0.29, 0.717) is 0 Å². The molecule has 0 aliphatic heterocycles. The second kappa shape index (κ2) is 6.63. The van der Waals surface area contributed by atoms with Gasteiger partial charge in [0.05, 0.1) is 0 Å². The highest BCUT2D eigenvalue weighted by molar-refractivity contribution is 5.83. The molecule has 1 aliphatic carbocycles. The van der Waals surface area contributed by atoms with Crippen LogP contribution in [0.15, 0.2) is 12.2 Å². The van der Waals surface area contributed by atoms with Crippen LogP contribution in [0.3, 0.4) is 0 Å². The third kappa shape index (κ3) is 4.86. The zero-order chi connectivity index (χ0) is 13.5. The summed E-state index contributed by atoms with van der Waals surface area (Å²) in [6.07, 6.45) is 5.29. The van der Waals surface area contributed by atoms with Crippen LogP contribution in [0, 0.1) is 0 Å². The second-order valence-electron chi connectivity index (χ2n) is 4.15. The van der Waals surface area contributed by atoms with E-state index in [1.807, 2.05) is 12.2 Å². The van der Waals surface area contributed by atoms with Crippen LogP contribution in [0.1, 0.15) is 25.7 Å². The first-order valence-corrected chi connectivity index (χ1v) is 5.72. The minimum absolute atomic E-state index is 0.00980. The number of rotatable bonds is 6. The molecular weight excluding hydrogens is 238 g/mol. The lowest BCUT2D eigenvalue weighted by Gasteiger charge is -2.17. The first-order valence-electron chi connectivity index (χ1n) is 5.72. The van der Waals surface area contributed by atoms with Gasteiger partial charge in [-0.25, -0.2) is 9.59 Å². The largest absolute Gasteiger partial charge is 0.480 e. The highest BCUT2D eigenvalue weighted by Crippen LogP contribution is 2.08. The van der Waals surface area contributed by atoms with Crippen molar-refractivity contribution < 1.29 is 19.5 Å². The van der Waals surface area contributed by atoms with Crippen molar-refractivity contribution in [2.24, 2.45) is 5.73 Å². The fourth-order valence-electron chi connectivity index (χ4n) is 1.66. The minimum atomic E-state index is -1.18. The molecule has 7 heteroatoms. The number of carboxylic acids is 1. The molecule has 1 atom stereocenters. The van der Waals surface area contributed by atoms with Gasteiger partial charge in [-0.1, -0.05) is 12.2 Å². The molecule has 0 saturated heterocycles. The number of hydrogen-bond acceptors (Lipinski definition) is 3. The Morgan fingerprint density at radius 3 is 2.44 bits per heavy atom. The van der Waals surface area contributed by atoms with Crippen molar-refractivity contribution in [2.75, 3.05) is 0 Å². The number of aliphatic carboxylic acids is 1. The van der Waals surface area contributed by atoms with Crippen LogP contribution in [0.5, 0.6) is 0 Å². The maximum absolute atomic E-state index is 11.5. The lowest BCUT2D eigenvalue weighted by Crippen LogP contribution is -2.48. The molecule has 0 unspecified atom stereocenters. The van der Waals surface area contributed by atoms with Gasteiger partial charge in [-0.05, 0) is 19.3 Å². The highest BCUT2D eigenvalue weighted by atomic mass is 16.4. The van der Waals surface area contributed by atoms with E-state index in [1.54, 1.807) is 0 Å². The monoisotopic (exact) mass is 255 g/mol. The van der Waals surface area contributed by atoms with E-state index in [0.717, 1.165) is 12.8 Å². The van der Waals surface area contributed by atoms with Crippen molar-refractivity contribution in [3.63, 3.8) is 0 Å². The molecule has 3 amide bonds. The Bertz CT molecular complexity index is 359. The van der Waals surface area contributed by atoms with Crippen molar-refractivity contribution in [3.8, 4) is 0 Å². The summed E-state index contributed by atoms with van der Waals surface area (Å²) in [5, 5.41) is 13.9. The fourth-order valence-corrected chi connectivity index (χ4v) is 1.66. The molecule has 1 aliphatic rings. The van der Waals surface area contributed by atoms with Gasteiger partial charge in [-0.2, -0.15) is 0 Å². The second-order valence-corrected chi connectivity index (χ2v) is 4.15. The summed E-state index contributed by atoms with van der Waals surface area (Å²) in [5.74, 6) is -1.78. The Balaban J connectivity index is 2.37. The maximum atomic E-state index is 11.5. The molecular formula is C11H17N3O4. The van der Waals surface area contributed by atoms with Crippen molar-refractivity contribution >= 4 is 17.9 Å². The van der Waals surface area contributed by atoms with Crippen molar-refractivity contribution in [1.82, 2.24) is 10.6 Å². The molecule has 0 spiro atoms. The maximum Gasteiger partial charge on any atom is 0.326 e. The third-order valence-electron chi connectivity index (χ3n) is 2.63. The number of amides is 3. The van der Waals surface area contributed by atoms with Gasteiger partial charge in [0.15, 0.2) is 0 Å². The lowest BCUT2D eigenvalue weighted by atomic mass is 10.1. The summed E-state index contributed by atoms with van der Waals surface area (Å²) in [6.45, 7) is 0. The highest BCUT2D eigenvalue weighted by Gasteiger charge is 2.22. The van der Waals surface area contributed by atoms with E-state index in [-0.39, 0.29) is 18.9 Å². The average molecular weight is 255 g/mol. The van der Waals surface area contributed by atoms with E-state index in [9.17, 15) is 14.4 Å². The summed E-state index contributed by atoms with van der Waals surface area (Å²) >= 11 is 0. The summed E-state index contributed by atoms with van der Waals surface area (Å²) in [4.78, 5) is 33.0. The van der Waals surface area contributed by atoms with Crippen molar-refractivity contribution in [1.29, 1.82) is 0 Å². The average Bonchev–Trinajstić information content (AvgIpc) is 2.76. The van der Waals surface area contributed by atoms with Crippen molar-refractivity contribution in [3.05, 3.63) is 12.2 Å². The summed E-state index contributed by atoms with van der Waals surface area (Å²) in [7, 11) is 0. The van der Waals surface area contributed by atoms with E-state index in [1.165, 1.54) is 0 Å². The van der Waals surface area contributed by atoms with Crippen molar-refractivity contribution in [2.45, 2.75) is 37.8 Å². The van der Waals surface area contributed by atoms with E-state index < -0.39 is 23.9 Å². The normalized spacial score (nSPS) is 16.2. The molecule has 0 radical (unpaired) electrons. The predicted octanol–water partition coefficient (Wildman–Crippen LogP) is -0.277. The molecule has 7 nitrogen and oxygen atoms in total. The van der Waals surface area contributed by atoms with Crippen LogP contribution in [0.25, 0.3) is 0 Å². The van der Waals surface area contributed by atoms with Gasteiger partial charge in [-0.15, -0.1) is 0 Å². The Kier molecular flexibility index (Phi) is 5.16. The van der Waals surface area contributed by atoms with Crippen LogP contribution in [-0.4, -0.2) is 35.1 Å². The molecule has 0 fully saturated rings. The zero-order valence-corrected chi connectivity index (χ0v) is 9.89. The number of carbonyl (C=O) groups excluding carboxylic acids is 2. The molecule has 0 aromatic heterocycles. The SMILES string of the molecule is NC(=O)CC[C@H](NC(=O)NC1CC=CC1)C(=O)O. The van der Waals surface area contributed by atoms with Gasteiger partial charge in [0.2, 0.25) is 5.91 Å². The lowest BCUT2D eigenvalue weighted by molar-refractivity contribution is -0.139. The Morgan fingerprint density at radius 1 is 1.33 bits per heavy atom. The predicted molar refractivity (Wildman–Crippen MR) is 63.7 cm³/mol. The molecule has 5 N–H and O–H groups in total. The number of nitrogens with two attached hydrogens (primary N) is 1. The number of carbonyl (C=O) groups is 3.